The minimum atomic E-state index is -2.00. The summed E-state index contributed by atoms with van der Waals surface area (Å²) < 4.78 is 22.1. The van der Waals surface area contributed by atoms with Crippen LogP contribution in [0, 0.1) is 0 Å². The van der Waals surface area contributed by atoms with Crippen molar-refractivity contribution in [3.8, 4) is 46.0 Å². The number of carbonyl (C=O) groups is 2. The smallest absolute Gasteiger partial charge is 0.229 e. The molecular formula is C43H44O20. The number of ketones is 2. The Morgan fingerprint density at radius 2 is 0.873 bits per heavy atom. The zero-order valence-electron chi connectivity index (χ0n) is 32.7. The Balaban J connectivity index is 1.44. The lowest BCUT2D eigenvalue weighted by atomic mass is 9.93. The minimum absolute atomic E-state index is 0.0762. The number of aliphatic hydroxyl groups is 8. The molecule has 2 aliphatic heterocycles. The fourth-order valence-corrected chi connectivity index (χ4v) is 6.79. The van der Waals surface area contributed by atoms with Crippen LogP contribution in [-0.2, 0) is 15.9 Å². The van der Waals surface area contributed by atoms with E-state index in [1.165, 1.54) is 60.7 Å². The van der Waals surface area contributed by atoms with E-state index in [4.69, 9.17) is 18.9 Å². The third kappa shape index (κ3) is 9.85. The molecule has 4 aromatic carbocycles. The Bertz CT molecular complexity index is 2180. The van der Waals surface area contributed by atoms with Crippen LogP contribution in [-0.4, -0.2) is 158 Å². The second-order valence-electron chi connectivity index (χ2n) is 14.6. The molecule has 2 fully saturated rings. The zero-order chi connectivity index (χ0) is 45.9. The standard InChI is InChI=1S/C43H44O20/c44-16-30-36(54)38(56)40(58)42(62-30)60-28-14-26(50)22(34(52)32(28)24(48)11-5-18-1-7-20(46)8-2-18)13-23-27(51)15-29(61-43-41(59)39(57)37(55)31(17-45)63-43)33(35(23)53)25(49)12-6-19-3-9-21(47)10-4-19/h1-12,14-15,30-31,36-47,50-59H,13,16-17H2/t30-,31-,36-,37-,38+,39+,40-,41-,42-,43-/m1/s1. The van der Waals surface area contributed by atoms with E-state index in [0.717, 1.165) is 24.3 Å². The van der Waals surface area contributed by atoms with Crippen molar-refractivity contribution >= 4 is 23.7 Å². The van der Waals surface area contributed by atoms with Crippen molar-refractivity contribution in [1.82, 2.24) is 0 Å². The van der Waals surface area contributed by atoms with Crippen molar-refractivity contribution in [3.05, 3.63) is 106 Å². The second-order valence-corrected chi connectivity index (χ2v) is 14.6. The molecule has 4 aromatic rings. The van der Waals surface area contributed by atoms with Gasteiger partial charge in [-0.3, -0.25) is 9.59 Å². The van der Waals surface area contributed by atoms with Crippen molar-refractivity contribution in [2.75, 3.05) is 13.2 Å². The largest absolute Gasteiger partial charge is 0.508 e. The molecule has 20 nitrogen and oxygen atoms in total. The number of phenols is 6. The monoisotopic (exact) mass is 880 g/mol. The van der Waals surface area contributed by atoms with E-state index >= 15 is 0 Å². The number of aliphatic hydroxyl groups excluding tert-OH is 8. The molecule has 336 valence electrons. The summed E-state index contributed by atoms with van der Waals surface area (Å²) in [5.74, 6) is -7.32. The van der Waals surface area contributed by atoms with Crippen molar-refractivity contribution < 1.29 is 100 Å². The molecule has 63 heavy (non-hydrogen) atoms. The molecule has 0 aromatic heterocycles. The van der Waals surface area contributed by atoms with Crippen LogP contribution in [0.3, 0.4) is 0 Å². The molecule has 2 heterocycles. The van der Waals surface area contributed by atoms with E-state index < -0.39 is 149 Å². The molecule has 0 spiro atoms. The van der Waals surface area contributed by atoms with Crippen LogP contribution in [0.4, 0.5) is 0 Å². The third-order valence-electron chi connectivity index (χ3n) is 10.4. The summed E-state index contributed by atoms with van der Waals surface area (Å²) in [4.78, 5) is 27.8. The molecule has 20 heteroatoms. The lowest BCUT2D eigenvalue weighted by Gasteiger charge is -2.39. The Morgan fingerprint density at radius 3 is 1.21 bits per heavy atom. The average Bonchev–Trinajstić information content (AvgIpc) is 3.25. The molecule has 14 N–H and O–H groups in total. The molecular weight excluding hydrogens is 836 g/mol. The maximum absolute atomic E-state index is 13.9. The molecule has 2 saturated heterocycles. The fourth-order valence-electron chi connectivity index (χ4n) is 6.79. The number of allylic oxidation sites excluding steroid dienone is 2. The van der Waals surface area contributed by atoms with E-state index in [2.05, 4.69) is 0 Å². The normalized spacial score (nSPS) is 26.2. The highest BCUT2D eigenvalue weighted by Gasteiger charge is 2.46. The van der Waals surface area contributed by atoms with Crippen LogP contribution in [0.25, 0.3) is 12.2 Å². The van der Waals surface area contributed by atoms with Gasteiger partial charge >= 0.3 is 0 Å². The topological polar surface area (TPSA) is 354 Å². The molecule has 10 atom stereocenters. The van der Waals surface area contributed by atoms with Crippen molar-refractivity contribution in [3.63, 3.8) is 0 Å². The summed E-state index contributed by atoms with van der Waals surface area (Å²) in [5.41, 5.74) is -1.77. The van der Waals surface area contributed by atoms with E-state index in [9.17, 15) is 81.1 Å². The Kier molecular flexibility index (Phi) is 14.2. The van der Waals surface area contributed by atoms with Gasteiger partial charge in [0.15, 0.2) is 11.6 Å². The van der Waals surface area contributed by atoms with Crippen LogP contribution in [0.5, 0.6) is 46.0 Å². The number of hydrogen-bond donors (Lipinski definition) is 14. The molecule has 0 bridgehead atoms. The summed E-state index contributed by atoms with van der Waals surface area (Å²) in [6, 6.07) is 12.7. The number of aromatic hydroxyl groups is 6. The summed E-state index contributed by atoms with van der Waals surface area (Å²) in [5, 5.41) is 147. The summed E-state index contributed by atoms with van der Waals surface area (Å²) in [7, 11) is 0. The predicted molar refractivity (Wildman–Crippen MR) is 214 cm³/mol. The third-order valence-corrected chi connectivity index (χ3v) is 10.4. The molecule has 0 saturated carbocycles. The van der Waals surface area contributed by atoms with Crippen LogP contribution < -0.4 is 9.47 Å². The zero-order valence-corrected chi connectivity index (χ0v) is 32.7. The number of phenolic OH excluding ortho intramolecular Hbond substituents is 6. The number of hydrogen-bond acceptors (Lipinski definition) is 20. The van der Waals surface area contributed by atoms with Gasteiger partial charge in [0.1, 0.15) is 106 Å². The van der Waals surface area contributed by atoms with Crippen LogP contribution in [0.1, 0.15) is 43.0 Å². The summed E-state index contributed by atoms with van der Waals surface area (Å²) in [6.45, 7) is -1.70. The van der Waals surface area contributed by atoms with Gasteiger partial charge in [0.2, 0.25) is 12.6 Å². The van der Waals surface area contributed by atoms with Crippen LogP contribution in [0.15, 0.2) is 72.8 Å². The van der Waals surface area contributed by atoms with Gasteiger partial charge in [0.25, 0.3) is 0 Å². The number of rotatable bonds is 14. The molecule has 0 radical (unpaired) electrons. The van der Waals surface area contributed by atoms with E-state index in [1.54, 1.807) is 0 Å². The second kappa shape index (κ2) is 19.4. The van der Waals surface area contributed by atoms with Gasteiger partial charge in [-0.1, -0.05) is 36.4 Å². The highest BCUT2D eigenvalue weighted by Crippen LogP contribution is 2.46. The molecule has 0 amide bonds. The van der Waals surface area contributed by atoms with Gasteiger partial charge in [0.05, 0.1) is 13.2 Å². The van der Waals surface area contributed by atoms with Crippen molar-refractivity contribution in [2.45, 2.75) is 67.8 Å². The fraction of sp³-hybridized carbons (Fsp3) is 0.302. The minimum Gasteiger partial charge on any atom is -0.508 e. The lowest BCUT2D eigenvalue weighted by molar-refractivity contribution is -0.277. The first-order valence-electron chi connectivity index (χ1n) is 19.1. The molecule has 6 rings (SSSR count). The van der Waals surface area contributed by atoms with E-state index in [-0.39, 0.29) is 11.5 Å². The Hall–Kier alpha value is -6.30. The summed E-state index contributed by atoms with van der Waals surface area (Å²) in [6.07, 6.45) is -14.6. The maximum atomic E-state index is 13.9. The van der Waals surface area contributed by atoms with Gasteiger partial charge in [-0.05, 0) is 47.5 Å². The van der Waals surface area contributed by atoms with E-state index in [1.807, 2.05) is 0 Å². The summed E-state index contributed by atoms with van der Waals surface area (Å²) >= 11 is 0. The van der Waals surface area contributed by atoms with Crippen molar-refractivity contribution in [2.24, 2.45) is 0 Å². The van der Waals surface area contributed by atoms with Crippen molar-refractivity contribution in [1.29, 1.82) is 0 Å². The molecule has 0 aliphatic carbocycles. The predicted octanol–water partition coefficient (Wildman–Crippen LogP) is -0.339. The van der Waals surface area contributed by atoms with Gasteiger partial charge in [-0.25, -0.2) is 0 Å². The Morgan fingerprint density at radius 1 is 0.524 bits per heavy atom. The van der Waals surface area contributed by atoms with Crippen LogP contribution in [0.2, 0.25) is 0 Å². The molecule has 2 aliphatic rings. The van der Waals surface area contributed by atoms with E-state index in [0.29, 0.717) is 11.1 Å². The first-order chi connectivity index (χ1) is 29.9. The van der Waals surface area contributed by atoms with Gasteiger partial charge in [-0.15, -0.1) is 0 Å². The number of benzene rings is 4. The number of ether oxygens (including phenoxy) is 4. The quantitative estimate of drug-likeness (QED) is 0.0569. The maximum Gasteiger partial charge on any atom is 0.229 e. The number of carbonyl (C=O) groups excluding carboxylic acids is 2. The average molecular weight is 881 g/mol. The van der Waals surface area contributed by atoms with Gasteiger partial charge < -0.3 is 90.4 Å². The SMILES string of the molecule is O=C(C=Cc1ccc(O)cc1)c1c(O[C@@H]2O[C@H](CO)[C@@H](O)[C@H](O)[C@H]2O)cc(O)c(Cc2c(O)cc(O[C@@H]3O[C@H](CO)[C@@H](O)[C@H](O)[C@H]3O)c(C(=O)C=Cc3ccc(O)cc3)c2O)c1O. The highest BCUT2D eigenvalue weighted by molar-refractivity contribution is 6.12. The van der Waals surface area contributed by atoms with Gasteiger partial charge in [-0.2, -0.15) is 0 Å². The lowest BCUT2D eigenvalue weighted by Crippen LogP contribution is -2.60. The first kappa shape index (κ1) is 46.2. The highest BCUT2D eigenvalue weighted by atomic mass is 16.7. The molecule has 0 unspecified atom stereocenters. The Labute approximate surface area is 356 Å². The van der Waals surface area contributed by atoms with Crippen LogP contribution >= 0.6 is 0 Å². The first-order valence-corrected chi connectivity index (χ1v) is 19.1. The van der Waals surface area contributed by atoms with Gasteiger partial charge in [0, 0.05) is 29.7 Å².